The Morgan fingerprint density at radius 1 is 1.22 bits per heavy atom. The molecule has 3 heterocycles. The van der Waals surface area contributed by atoms with E-state index in [0.29, 0.717) is 24.6 Å². The van der Waals surface area contributed by atoms with E-state index in [9.17, 15) is 10.1 Å². The number of benzene rings is 2. The lowest BCUT2D eigenvalue weighted by molar-refractivity contribution is 0.00415. The molecular formula is C28H28N6O2. The molecule has 0 N–H and O–H groups in total. The fourth-order valence-electron chi connectivity index (χ4n) is 5.84. The maximum absolute atomic E-state index is 12.9. The van der Waals surface area contributed by atoms with Crippen LogP contribution >= 0.6 is 0 Å². The molecule has 2 fully saturated rings. The van der Waals surface area contributed by atoms with Gasteiger partial charge in [0.05, 0.1) is 41.7 Å². The highest BCUT2D eigenvalue weighted by atomic mass is 16.6. The van der Waals surface area contributed by atoms with Crippen LogP contribution in [0.2, 0.25) is 0 Å². The van der Waals surface area contributed by atoms with Gasteiger partial charge in [-0.1, -0.05) is 18.2 Å². The SMILES string of the molecule is Cn1cc(-c2cccc(CN3CC4(CCCC(Cn5cnc6ccc(C#N)cc65)C4)OC3=O)c2)cn1. The first-order valence-electron chi connectivity index (χ1n) is 12.4. The van der Waals surface area contributed by atoms with Crippen molar-refractivity contribution in [2.24, 2.45) is 13.0 Å². The Morgan fingerprint density at radius 2 is 2.14 bits per heavy atom. The van der Waals surface area contributed by atoms with Gasteiger partial charge < -0.3 is 9.30 Å². The molecule has 2 atom stereocenters. The standard InChI is InChI=1S/C28H28N6O2/c1-32-17-24(14-31-32)23-6-2-4-21(10-23)15-33-18-28(36-27(33)35)9-3-5-22(12-28)16-34-19-30-25-8-7-20(13-29)11-26(25)34/h2,4,6-8,10-11,14,17,19,22H,3,5,9,12,15-16,18H2,1H3. The van der Waals surface area contributed by atoms with Crippen molar-refractivity contribution in [1.29, 1.82) is 5.26 Å². The van der Waals surface area contributed by atoms with E-state index in [0.717, 1.165) is 60.0 Å². The van der Waals surface area contributed by atoms with Crippen LogP contribution in [0.5, 0.6) is 0 Å². The van der Waals surface area contributed by atoms with Crippen molar-refractivity contribution >= 4 is 17.1 Å². The number of imidazole rings is 1. The van der Waals surface area contributed by atoms with Crippen LogP contribution in [0.3, 0.4) is 0 Å². The minimum Gasteiger partial charge on any atom is -0.441 e. The van der Waals surface area contributed by atoms with Gasteiger partial charge in [0.2, 0.25) is 0 Å². The Kier molecular flexibility index (Phi) is 5.48. The Bertz CT molecular complexity index is 1480. The molecule has 8 nitrogen and oxygen atoms in total. The summed E-state index contributed by atoms with van der Waals surface area (Å²) in [5.41, 5.74) is 5.30. The number of carbonyl (C=O) groups excluding carboxylic acids is 1. The minimum atomic E-state index is -0.435. The van der Waals surface area contributed by atoms with Crippen LogP contribution in [0.4, 0.5) is 4.79 Å². The Balaban J connectivity index is 1.16. The Labute approximate surface area is 209 Å². The van der Waals surface area contributed by atoms with Gasteiger partial charge >= 0.3 is 6.09 Å². The lowest BCUT2D eigenvalue weighted by atomic mass is 9.78. The molecule has 4 aromatic rings. The second-order valence-electron chi connectivity index (χ2n) is 10.2. The molecule has 6 rings (SSSR count). The normalized spacial score (nSPS) is 21.7. The number of carbonyl (C=O) groups is 1. The molecule has 2 aliphatic rings. The molecule has 36 heavy (non-hydrogen) atoms. The molecule has 8 heteroatoms. The largest absolute Gasteiger partial charge is 0.441 e. The highest BCUT2D eigenvalue weighted by molar-refractivity contribution is 5.77. The van der Waals surface area contributed by atoms with Gasteiger partial charge in [-0.05, 0) is 67.0 Å². The molecule has 0 bridgehead atoms. The molecule has 1 spiro atoms. The van der Waals surface area contributed by atoms with Crippen molar-refractivity contribution in [1.82, 2.24) is 24.2 Å². The molecule has 1 saturated heterocycles. The number of fused-ring (bicyclic) bond motifs is 1. The van der Waals surface area contributed by atoms with Crippen molar-refractivity contribution in [3.8, 4) is 17.2 Å². The molecule has 1 amide bonds. The van der Waals surface area contributed by atoms with Gasteiger partial charge in [-0.25, -0.2) is 9.78 Å². The van der Waals surface area contributed by atoms with Crippen molar-refractivity contribution in [2.45, 2.75) is 44.4 Å². The number of amides is 1. The van der Waals surface area contributed by atoms with Crippen LogP contribution in [0.25, 0.3) is 22.2 Å². The number of rotatable bonds is 5. The summed E-state index contributed by atoms with van der Waals surface area (Å²) in [6.45, 7) is 1.95. The number of aryl methyl sites for hydroxylation is 1. The number of nitrogens with zero attached hydrogens (tertiary/aromatic N) is 6. The number of ether oxygens (including phenoxy) is 1. The summed E-state index contributed by atoms with van der Waals surface area (Å²) in [7, 11) is 1.91. The first-order chi connectivity index (χ1) is 17.5. The first kappa shape index (κ1) is 22.4. The fraction of sp³-hybridized carbons (Fsp3) is 0.357. The maximum Gasteiger partial charge on any atom is 0.410 e. The van der Waals surface area contributed by atoms with E-state index in [4.69, 9.17) is 4.74 Å². The second-order valence-corrected chi connectivity index (χ2v) is 10.2. The van der Waals surface area contributed by atoms with Gasteiger partial charge in [-0.3, -0.25) is 9.58 Å². The zero-order valence-electron chi connectivity index (χ0n) is 20.3. The van der Waals surface area contributed by atoms with Crippen LogP contribution in [-0.4, -0.2) is 42.5 Å². The average Bonchev–Trinajstić information content (AvgIpc) is 3.57. The fourth-order valence-corrected chi connectivity index (χ4v) is 5.84. The van der Waals surface area contributed by atoms with Crippen molar-refractivity contribution in [3.05, 3.63) is 72.3 Å². The quantitative estimate of drug-likeness (QED) is 0.406. The van der Waals surface area contributed by atoms with Gasteiger partial charge in [0, 0.05) is 31.9 Å². The highest BCUT2D eigenvalue weighted by Crippen LogP contribution is 2.41. The van der Waals surface area contributed by atoms with Crippen LogP contribution in [0, 0.1) is 17.2 Å². The summed E-state index contributed by atoms with van der Waals surface area (Å²) in [4.78, 5) is 19.3. The van der Waals surface area contributed by atoms with E-state index >= 15 is 0 Å². The van der Waals surface area contributed by atoms with E-state index < -0.39 is 5.60 Å². The predicted molar refractivity (Wildman–Crippen MR) is 135 cm³/mol. The topological polar surface area (TPSA) is 89.0 Å². The van der Waals surface area contributed by atoms with E-state index in [1.54, 1.807) is 10.7 Å². The Morgan fingerprint density at radius 3 is 2.97 bits per heavy atom. The third-order valence-corrected chi connectivity index (χ3v) is 7.49. The summed E-state index contributed by atoms with van der Waals surface area (Å²) < 4.78 is 10.00. The van der Waals surface area contributed by atoms with Crippen LogP contribution < -0.4 is 0 Å². The molecule has 1 aliphatic carbocycles. The van der Waals surface area contributed by atoms with Crippen LogP contribution in [0.15, 0.2) is 61.2 Å². The lowest BCUT2D eigenvalue weighted by Gasteiger charge is -2.36. The average molecular weight is 481 g/mol. The van der Waals surface area contributed by atoms with Crippen molar-refractivity contribution in [2.75, 3.05) is 6.54 Å². The predicted octanol–water partition coefficient (Wildman–Crippen LogP) is 4.89. The zero-order chi connectivity index (χ0) is 24.7. The van der Waals surface area contributed by atoms with Gasteiger partial charge in [0.1, 0.15) is 5.60 Å². The number of hydrogen-bond donors (Lipinski definition) is 0. The zero-order valence-corrected chi connectivity index (χ0v) is 20.3. The van der Waals surface area contributed by atoms with E-state index in [2.05, 4.69) is 38.9 Å². The van der Waals surface area contributed by atoms with Gasteiger partial charge in [0.15, 0.2) is 0 Å². The van der Waals surface area contributed by atoms with Gasteiger partial charge in [0.25, 0.3) is 0 Å². The van der Waals surface area contributed by atoms with Crippen molar-refractivity contribution in [3.63, 3.8) is 0 Å². The number of nitriles is 1. The molecule has 0 radical (unpaired) electrons. The lowest BCUT2D eigenvalue weighted by Crippen LogP contribution is -2.40. The van der Waals surface area contributed by atoms with E-state index in [1.165, 1.54) is 0 Å². The molecule has 1 saturated carbocycles. The molecule has 182 valence electrons. The van der Waals surface area contributed by atoms with Crippen molar-refractivity contribution < 1.29 is 9.53 Å². The first-order valence-corrected chi connectivity index (χ1v) is 12.4. The highest BCUT2D eigenvalue weighted by Gasteiger charge is 2.47. The summed E-state index contributed by atoms with van der Waals surface area (Å²) in [6.07, 6.45) is 9.32. The number of hydrogen-bond acceptors (Lipinski definition) is 5. The van der Waals surface area contributed by atoms with E-state index in [-0.39, 0.29) is 6.09 Å². The van der Waals surface area contributed by atoms with Gasteiger partial charge in [-0.2, -0.15) is 10.4 Å². The summed E-state index contributed by atoms with van der Waals surface area (Å²) >= 11 is 0. The molecule has 1 aliphatic heterocycles. The monoisotopic (exact) mass is 480 g/mol. The third-order valence-electron chi connectivity index (χ3n) is 7.49. The van der Waals surface area contributed by atoms with Crippen LogP contribution in [-0.2, 0) is 24.9 Å². The molecule has 2 aromatic heterocycles. The minimum absolute atomic E-state index is 0.228. The summed E-state index contributed by atoms with van der Waals surface area (Å²) in [5.74, 6) is 0.378. The van der Waals surface area contributed by atoms with Gasteiger partial charge in [-0.15, -0.1) is 0 Å². The smallest absolute Gasteiger partial charge is 0.410 e. The maximum atomic E-state index is 12.9. The second kappa shape index (κ2) is 8.83. The summed E-state index contributed by atoms with van der Waals surface area (Å²) in [5, 5.41) is 13.5. The van der Waals surface area contributed by atoms with E-state index in [1.807, 2.05) is 48.9 Å². The molecular weight excluding hydrogens is 452 g/mol. The molecule has 2 unspecified atom stereocenters. The Hall–Kier alpha value is -4.12. The number of aromatic nitrogens is 4. The van der Waals surface area contributed by atoms with Crippen LogP contribution in [0.1, 0.15) is 36.8 Å². The molecule has 2 aromatic carbocycles. The summed E-state index contributed by atoms with van der Waals surface area (Å²) in [6, 6.07) is 16.1. The third kappa shape index (κ3) is 4.22.